The van der Waals surface area contributed by atoms with Crippen molar-refractivity contribution < 1.29 is 17.6 Å². The predicted octanol–water partition coefficient (Wildman–Crippen LogP) is 2.67. The first kappa shape index (κ1) is 19.3. The molecule has 1 unspecified atom stereocenters. The zero-order valence-electron chi connectivity index (χ0n) is 15.2. The summed E-state index contributed by atoms with van der Waals surface area (Å²) in [6, 6.07) is 5.76. The quantitative estimate of drug-likeness (QED) is 0.851. The zero-order chi connectivity index (χ0) is 18.8. The van der Waals surface area contributed by atoms with E-state index in [-0.39, 0.29) is 23.0 Å². The molecule has 1 aliphatic heterocycles. The molecule has 144 valence electrons. The molecule has 5 nitrogen and oxygen atoms in total. The predicted molar refractivity (Wildman–Crippen MR) is 98.3 cm³/mol. The van der Waals surface area contributed by atoms with Gasteiger partial charge in [0, 0.05) is 26.6 Å². The second-order valence-corrected chi connectivity index (χ2v) is 9.70. The Balaban J connectivity index is 1.78. The molecule has 1 atom stereocenters. The molecule has 1 N–H and O–H groups in total. The van der Waals surface area contributed by atoms with Crippen LogP contribution in [0.25, 0.3) is 0 Å². The minimum Gasteiger partial charge on any atom is -0.356 e. The van der Waals surface area contributed by atoms with Crippen LogP contribution >= 0.6 is 0 Å². The van der Waals surface area contributed by atoms with Crippen LogP contribution in [-0.4, -0.2) is 38.3 Å². The van der Waals surface area contributed by atoms with E-state index in [9.17, 15) is 17.6 Å². The Kier molecular flexibility index (Phi) is 5.67. The van der Waals surface area contributed by atoms with E-state index in [1.54, 1.807) is 10.4 Å². The average Bonchev–Trinajstić information content (AvgIpc) is 2.92. The van der Waals surface area contributed by atoms with E-state index in [2.05, 4.69) is 5.32 Å². The van der Waals surface area contributed by atoms with Crippen molar-refractivity contribution >= 4 is 15.9 Å². The fourth-order valence-corrected chi connectivity index (χ4v) is 6.14. The van der Waals surface area contributed by atoms with E-state index in [0.717, 1.165) is 25.7 Å². The number of sulfonamides is 1. The van der Waals surface area contributed by atoms with Gasteiger partial charge in [-0.05, 0) is 41.9 Å². The van der Waals surface area contributed by atoms with Gasteiger partial charge in [-0.2, -0.15) is 0 Å². The van der Waals surface area contributed by atoms with E-state index in [1.807, 2.05) is 0 Å². The summed E-state index contributed by atoms with van der Waals surface area (Å²) >= 11 is 0. The molecule has 1 spiro atoms. The third kappa shape index (κ3) is 4.26. The summed E-state index contributed by atoms with van der Waals surface area (Å²) in [5.74, 6) is -0.564. The number of amides is 1. The van der Waals surface area contributed by atoms with Crippen LogP contribution in [0.2, 0.25) is 0 Å². The van der Waals surface area contributed by atoms with E-state index >= 15 is 0 Å². The number of rotatable bonds is 5. The van der Waals surface area contributed by atoms with Crippen LogP contribution in [0.3, 0.4) is 0 Å². The van der Waals surface area contributed by atoms with Crippen molar-refractivity contribution in [1.82, 2.24) is 9.62 Å². The Labute approximate surface area is 155 Å². The van der Waals surface area contributed by atoms with Gasteiger partial charge in [-0.1, -0.05) is 31.4 Å². The molecule has 1 amide bonds. The normalized spacial score (nSPS) is 23.2. The van der Waals surface area contributed by atoms with Crippen molar-refractivity contribution in [3.8, 4) is 0 Å². The molecule has 7 heteroatoms. The van der Waals surface area contributed by atoms with Gasteiger partial charge < -0.3 is 5.32 Å². The van der Waals surface area contributed by atoms with Crippen LogP contribution in [0.15, 0.2) is 24.3 Å². The highest BCUT2D eigenvalue weighted by atomic mass is 32.2. The molecule has 0 bridgehead atoms. The molecule has 0 radical (unpaired) electrons. The van der Waals surface area contributed by atoms with Gasteiger partial charge in [-0.3, -0.25) is 4.79 Å². The molecule has 1 saturated heterocycles. The summed E-state index contributed by atoms with van der Waals surface area (Å²) in [5.41, 5.74) is 0.420. The number of hydrogen-bond acceptors (Lipinski definition) is 3. The standard InChI is InChI=1S/C19H27FN2O3S/c1-15(23)21-11-17-12-22(14-19(17)8-3-2-4-9-19)26(24,25)13-16-6-5-7-18(20)10-16/h5-7,10,17H,2-4,8-9,11-14H2,1H3,(H,21,23). The highest BCUT2D eigenvalue weighted by molar-refractivity contribution is 7.88. The maximum absolute atomic E-state index is 13.4. The highest BCUT2D eigenvalue weighted by Crippen LogP contribution is 2.48. The number of halogens is 1. The number of carbonyl (C=O) groups is 1. The fourth-order valence-electron chi connectivity index (χ4n) is 4.50. The average molecular weight is 383 g/mol. The second-order valence-electron chi connectivity index (χ2n) is 7.74. The number of hydrogen-bond donors (Lipinski definition) is 1. The van der Waals surface area contributed by atoms with Gasteiger partial charge in [0.2, 0.25) is 15.9 Å². The second kappa shape index (κ2) is 7.64. The largest absolute Gasteiger partial charge is 0.356 e. The third-order valence-electron chi connectivity index (χ3n) is 5.86. The Bertz CT molecular complexity index is 760. The van der Waals surface area contributed by atoms with Crippen LogP contribution in [0.1, 0.15) is 44.6 Å². The summed E-state index contributed by atoms with van der Waals surface area (Å²) in [6.45, 7) is 2.94. The van der Waals surface area contributed by atoms with Gasteiger partial charge in [0.15, 0.2) is 0 Å². The molecule has 1 aliphatic carbocycles. The Morgan fingerprint density at radius 2 is 2.04 bits per heavy atom. The fraction of sp³-hybridized carbons (Fsp3) is 0.632. The lowest BCUT2D eigenvalue weighted by Crippen LogP contribution is -2.39. The van der Waals surface area contributed by atoms with Gasteiger partial charge in [0.05, 0.1) is 5.75 Å². The summed E-state index contributed by atoms with van der Waals surface area (Å²) < 4.78 is 40.8. The van der Waals surface area contributed by atoms with Crippen LogP contribution in [0, 0.1) is 17.2 Å². The topological polar surface area (TPSA) is 66.5 Å². The molecule has 2 fully saturated rings. The molecule has 0 aromatic heterocycles. The van der Waals surface area contributed by atoms with E-state index in [0.29, 0.717) is 25.2 Å². The third-order valence-corrected chi connectivity index (χ3v) is 7.62. The van der Waals surface area contributed by atoms with E-state index in [1.165, 1.54) is 31.5 Å². The first-order valence-corrected chi connectivity index (χ1v) is 10.9. The zero-order valence-corrected chi connectivity index (χ0v) is 16.0. The van der Waals surface area contributed by atoms with Gasteiger partial charge in [0.25, 0.3) is 0 Å². The molecule has 1 aromatic carbocycles. The number of nitrogens with zero attached hydrogens (tertiary/aromatic N) is 1. The van der Waals surface area contributed by atoms with E-state index in [4.69, 9.17) is 0 Å². The van der Waals surface area contributed by atoms with Crippen molar-refractivity contribution in [2.75, 3.05) is 19.6 Å². The van der Waals surface area contributed by atoms with Gasteiger partial charge >= 0.3 is 0 Å². The van der Waals surface area contributed by atoms with Gasteiger partial charge in [0.1, 0.15) is 5.82 Å². The van der Waals surface area contributed by atoms with Crippen LogP contribution in [0.4, 0.5) is 4.39 Å². The number of nitrogens with one attached hydrogen (secondary N) is 1. The van der Waals surface area contributed by atoms with Crippen LogP contribution < -0.4 is 5.32 Å². The van der Waals surface area contributed by atoms with Crippen molar-refractivity contribution in [1.29, 1.82) is 0 Å². The minimum atomic E-state index is -3.52. The lowest BCUT2D eigenvalue weighted by molar-refractivity contribution is -0.119. The lowest BCUT2D eigenvalue weighted by atomic mass is 9.68. The Morgan fingerprint density at radius 1 is 1.31 bits per heavy atom. The molecular formula is C19H27FN2O3S. The van der Waals surface area contributed by atoms with Crippen LogP contribution in [0.5, 0.6) is 0 Å². The summed E-state index contributed by atoms with van der Waals surface area (Å²) in [5, 5.41) is 2.88. The van der Waals surface area contributed by atoms with Crippen molar-refractivity contribution in [2.24, 2.45) is 11.3 Å². The molecule has 1 aromatic rings. The monoisotopic (exact) mass is 382 g/mol. The SMILES string of the molecule is CC(=O)NCC1CN(S(=O)(=O)Cc2cccc(F)c2)CC12CCCCC2. The number of carbonyl (C=O) groups excluding carboxylic acids is 1. The van der Waals surface area contributed by atoms with E-state index < -0.39 is 15.8 Å². The summed E-state index contributed by atoms with van der Waals surface area (Å²) in [4.78, 5) is 11.3. The Hall–Kier alpha value is -1.47. The van der Waals surface area contributed by atoms with Crippen molar-refractivity contribution in [3.63, 3.8) is 0 Å². The minimum absolute atomic E-state index is 0.0459. The highest BCUT2D eigenvalue weighted by Gasteiger charge is 2.49. The van der Waals surface area contributed by atoms with Crippen LogP contribution in [-0.2, 0) is 20.6 Å². The van der Waals surface area contributed by atoms with Crippen molar-refractivity contribution in [2.45, 2.75) is 44.8 Å². The number of benzene rings is 1. The maximum Gasteiger partial charge on any atom is 0.218 e. The maximum atomic E-state index is 13.4. The summed E-state index contributed by atoms with van der Waals surface area (Å²) in [6.07, 6.45) is 5.40. The molecule has 2 aliphatic rings. The summed E-state index contributed by atoms with van der Waals surface area (Å²) in [7, 11) is -3.52. The molecular weight excluding hydrogens is 355 g/mol. The Morgan fingerprint density at radius 3 is 2.69 bits per heavy atom. The first-order chi connectivity index (χ1) is 12.3. The smallest absolute Gasteiger partial charge is 0.218 e. The molecule has 3 rings (SSSR count). The molecule has 26 heavy (non-hydrogen) atoms. The van der Waals surface area contributed by atoms with Gasteiger partial charge in [-0.15, -0.1) is 0 Å². The molecule has 1 heterocycles. The van der Waals surface area contributed by atoms with Gasteiger partial charge in [-0.25, -0.2) is 17.1 Å². The first-order valence-electron chi connectivity index (χ1n) is 9.27. The van der Waals surface area contributed by atoms with Crippen molar-refractivity contribution in [3.05, 3.63) is 35.6 Å². The molecule has 1 saturated carbocycles. The lowest BCUT2D eigenvalue weighted by Gasteiger charge is -2.38.